The van der Waals surface area contributed by atoms with Crippen LogP contribution < -0.4 is 16.2 Å². The molecule has 0 bridgehead atoms. The van der Waals surface area contributed by atoms with Crippen molar-refractivity contribution in [3.8, 4) is 0 Å². The van der Waals surface area contributed by atoms with Gasteiger partial charge in [-0.25, -0.2) is 10.2 Å². The molecule has 0 saturated heterocycles. The summed E-state index contributed by atoms with van der Waals surface area (Å²) in [5.41, 5.74) is 6.24. The Morgan fingerprint density at radius 1 is 0.957 bits per heavy atom. The van der Waals surface area contributed by atoms with Crippen molar-refractivity contribution < 1.29 is 19.5 Å². The molecule has 0 saturated carbocycles. The lowest BCUT2D eigenvalue weighted by atomic mass is 10.1. The molecule has 0 aromatic heterocycles. The fourth-order valence-corrected chi connectivity index (χ4v) is 1.97. The van der Waals surface area contributed by atoms with Gasteiger partial charge in [-0.1, -0.05) is 31.0 Å². The van der Waals surface area contributed by atoms with Crippen molar-refractivity contribution in [1.29, 1.82) is 0 Å². The number of aryl methyl sites for hydroxylation is 1. The van der Waals surface area contributed by atoms with Crippen molar-refractivity contribution in [1.82, 2.24) is 10.9 Å². The number of hydrogen-bond acceptors (Lipinski definition) is 3. The molecule has 3 amide bonds. The Morgan fingerprint density at radius 2 is 1.61 bits per heavy atom. The van der Waals surface area contributed by atoms with Gasteiger partial charge in [-0.3, -0.25) is 15.0 Å². The van der Waals surface area contributed by atoms with Crippen LogP contribution >= 0.6 is 0 Å². The van der Waals surface area contributed by atoms with Crippen LogP contribution in [0.2, 0.25) is 0 Å². The number of nitrogens with one attached hydrogen (secondary N) is 3. The van der Waals surface area contributed by atoms with E-state index in [0.29, 0.717) is 18.5 Å². The summed E-state index contributed by atoms with van der Waals surface area (Å²) in [6.45, 7) is 1.87. The van der Waals surface area contributed by atoms with Crippen molar-refractivity contribution in [3.05, 3.63) is 29.8 Å². The van der Waals surface area contributed by atoms with Crippen LogP contribution in [0.15, 0.2) is 24.3 Å². The molecule has 1 aromatic rings. The van der Waals surface area contributed by atoms with E-state index >= 15 is 0 Å². The molecule has 1 aromatic carbocycles. The van der Waals surface area contributed by atoms with Gasteiger partial charge in [0.1, 0.15) is 0 Å². The van der Waals surface area contributed by atoms with Crippen LogP contribution in [0.1, 0.15) is 44.1 Å². The molecule has 0 fully saturated rings. The second kappa shape index (κ2) is 10.2. The van der Waals surface area contributed by atoms with E-state index in [0.717, 1.165) is 18.4 Å². The highest BCUT2D eigenvalue weighted by atomic mass is 16.4. The van der Waals surface area contributed by atoms with Crippen LogP contribution in [0, 0.1) is 6.92 Å². The predicted molar refractivity (Wildman–Crippen MR) is 86.8 cm³/mol. The molecule has 0 aliphatic heterocycles. The van der Waals surface area contributed by atoms with Gasteiger partial charge in [0, 0.05) is 18.5 Å². The zero-order chi connectivity index (χ0) is 17.1. The van der Waals surface area contributed by atoms with E-state index in [-0.39, 0.29) is 18.7 Å². The molecule has 126 valence electrons. The molecule has 0 aliphatic carbocycles. The lowest BCUT2D eigenvalue weighted by Gasteiger charge is -2.10. The van der Waals surface area contributed by atoms with Gasteiger partial charge in [0.25, 0.3) is 0 Å². The van der Waals surface area contributed by atoms with Gasteiger partial charge in [0.15, 0.2) is 0 Å². The van der Waals surface area contributed by atoms with Crippen molar-refractivity contribution in [2.75, 3.05) is 5.32 Å². The van der Waals surface area contributed by atoms with E-state index in [1.807, 2.05) is 25.1 Å². The van der Waals surface area contributed by atoms with Crippen LogP contribution in [0.25, 0.3) is 0 Å². The number of amides is 3. The molecule has 4 N–H and O–H groups in total. The molecule has 0 spiro atoms. The van der Waals surface area contributed by atoms with Gasteiger partial charge >= 0.3 is 12.0 Å². The Hall–Kier alpha value is -2.57. The van der Waals surface area contributed by atoms with Crippen molar-refractivity contribution in [3.63, 3.8) is 0 Å². The summed E-state index contributed by atoms with van der Waals surface area (Å²) in [5.74, 6) is -1.07. The maximum absolute atomic E-state index is 11.7. The number of carbonyl (C=O) groups is 3. The number of hydrogen-bond donors (Lipinski definition) is 4. The highest BCUT2D eigenvalue weighted by Crippen LogP contribution is 2.12. The number of urea groups is 1. The normalized spacial score (nSPS) is 9.96. The monoisotopic (exact) mass is 321 g/mol. The minimum Gasteiger partial charge on any atom is -0.481 e. The van der Waals surface area contributed by atoms with Crippen molar-refractivity contribution in [2.24, 2.45) is 0 Å². The third kappa shape index (κ3) is 8.45. The molecule has 7 nitrogen and oxygen atoms in total. The van der Waals surface area contributed by atoms with Crippen LogP contribution in [0.4, 0.5) is 10.5 Å². The van der Waals surface area contributed by atoms with E-state index in [4.69, 9.17) is 5.11 Å². The van der Waals surface area contributed by atoms with Crippen molar-refractivity contribution in [2.45, 2.75) is 45.4 Å². The lowest BCUT2D eigenvalue weighted by Crippen LogP contribution is -2.43. The minimum absolute atomic E-state index is 0.160. The fraction of sp³-hybridized carbons (Fsp3) is 0.438. The average molecular weight is 321 g/mol. The number of unbranched alkanes of at least 4 members (excludes halogenated alkanes) is 3. The fourth-order valence-electron chi connectivity index (χ4n) is 1.97. The number of aliphatic carboxylic acids is 1. The smallest absolute Gasteiger partial charge is 0.337 e. The number of para-hydroxylation sites is 1. The molecule has 0 radical (unpaired) electrons. The second-order valence-electron chi connectivity index (χ2n) is 5.25. The van der Waals surface area contributed by atoms with E-state index < -0.39 is 12.0 Å². The number of benzene rings is 1. The topological polar surface area (TPSA) is 108 Å². The van der Waals surface area contributed by atoms with Gasteiger partial charge in [-0.2, -0.15) is 0 Å². The highest BCUT2D eigenvalue weighted by Gasteiger charge is 2.06. The molecule has 0 atom stereocenters. The maximum Gasteiger partial charge on any atom is 0.337 e. The van der Waals surface area contributed by atoms with E-state index in [9.17, 15) is 14.4 Å². The summed E-state index contributed by atoms with van der Waals surface area (Å²) in [4.78, 5) is 33.5. The minimum atomic E-state index is -0.799. The first-order valence-corrected chi connectivity index (χ1v) is 7.62. The number of anilines is 1. The Bertz CT molecular complexity index is 546. The zero-order valence-electron chi connectivity index (χ0n) is 13.2. The van der Waals surface area contributed by atoms with Crippen LogP contribution in [0.3, 0.4) is 0 Å². The highest BCUT2D eigenvalue weighted by molar-refractivity contribution is 5.91. The largest absolute Gasteiger partial charge is 0.481 e. The first kappa shape index (κ1) is 18.5. The molecular weight excluding hydrogens is 298 g/mol. The van der Waals surface area contributed by atoms with Gasteiger partial charge in [-0.05, 0) is 31.4 Å². The van der Waals surface area contributed by atoms with E-state index in [1.165, 1.54) is 0 Å². The number of rotatable bonds is 8. The molecular formula is C16H23N3O4. The summed E-state index contributed by atoms with van der Waals surface area (Å²) in [5, 5.41) is 11.1. The van der Waals surface area contributed by atoms with Crippen LogP contribution in [0.5, 0.6) is 0 Å². The second-order valence-corrected chi connectivity index (χ2v) is 5.25. The number of carbonyl (C=O) groups excluding carboxylic acids is 2. The summed E-state index contributed by atoms with van der Waals surface area (Å²) in [7, 11) is 0. The molecule has 1 rings (SSSR count). The van der Waals surface area contributed by atoms with Gasteiger partial charge in [-0.15, -0.1) is 0 Å². The van der Waals surface area contributed by atoms with Gasteiger partial charge < -0.3 is 10.4 Å². The summed E-state index contributed by atoms with van der Waals surface area (Å²) in [6.07, 6.45) is 3.29. The predicted octanol–water partition coefficient (Wildman–Crippen LogP) is 2.57. The van der Waals surface area contributed by atoms with E-state index in [1.54, 1.807) is 6.07 Å². The molecule has 0 unspecified atom stereocenters. The maximum atomic E-state index is 11.7. The third-order valence-electron chi connectivity index (χ3n) is 3.25. The number of carboxylic acids is 1. The summed E-state index contributed by atoms with van der Waals surface area (Å²) in [6, 6.07) is 6.82. The SMILES string of the molecule is Cc1ccccc1NC(=O)NNC(=O)CCCCCCC(=O)O. The Balaban J connectivity index is 2.12. The Labute approximate surface area is 135 Å². The number of carboxylic acid groups (broad SMARTS) is 1. The van der Waals surface area contributed by atoms with Crippen LogP contribution in [-0.4, -0.2) is 23.0 Å². The standard InChI is InChI=1S/C16H23N3O4/c1-12-8-6-7-9-13(12)17-16(23)19-18-14(20)10-4-2-3-5-11-15(21)22/h6-9H,2-5,10-11H2,1H3,(H,18,20)(H,21,22)(H2,17,19,23). The first-order chi connectivity index (χ1) is 11.0. The summed E-state index contributed by atoms with van der Waals surface area (Å²) < 4.78 is 0. The van der Waals surface area contributed by atoms with Crippen LogP contribution in [-0.2, 0) is 9.59 Å². The summed E-state index contributed by atoms with van der Waals surface area (Å²) >= 11 is 0. The first-order valence-electron chi connectivity index (χ1n) is 7.62. The number of hydrazine groups is 1. The van der Waals surface area contributed by atoms with Gasteiger partial charge in [0.2, 0.25) is 5.91 Å². The zero-order valence-corrected chi connectivity index (χ0v) is 13.2. The molecule has 7 heteroatoms. The lowest BCUT2D eigenvalue weighted by molar-refractivity contribution is -0.137. The Kier molecular flexibility index (Phi) is 8.20. The van der Waals surface area contributed by atoms with Crippen molar-refractivity contribution >= 4 is 23.6 Å². The average Bonchev–Trinajstić information content (AvgIpc) is 2.50. The molecule has 23 heavy (non-hydrogen) atoms. The van der Waals surface area contributed by atoms with Gasteiger partial charge in [0.05, 0.1) is 0 Å². The quantitative estimate of drug-likeness (QED) is 0.436. The Morgan fingerprint density at radius 3 is 2.26 bits per heavy atom. The third-order valence-corrected chi connectivity index (χ3v) is 3.25. The van der Waals surface area contributed by atoms with E-state index in [2.05, 4.69) is 16.2 Å². The molecule has 0 aliphatic rings. The molecule has 0 heterocycles.